The zero-order chi connectivity index (χ0) is 15.4. The van der Waals surface area contributed by atoms with E-state index in [9.17, 15) is 9.18 Å². The Morgan fingerprint density at radius 2 is 2.14 bits per heavy atom. The number of carbonyl (C=O) groups excluding carboxylic acids is 1. The van der Waals surface area contributed by atoms with Crippen molar-refractivity contribution in [3.63, 3.8) is 0 Å². The van der Waals surface area contributed by atoms with Gasteiger partial charge in [-0.15, -0.1) is 0 Å². The van der Waals surface area contributed by atoms with Crippen molar-refractivity contribution in [2.45, 2.75) is 6.92 Å². The molecule has 0 saturated heterocycles. The van der Waals surface area contributed by atoms with E-state index in [-0.39, 0.29) is 27.4 Å². The van der Waals surface area contributed by atoms with E-state index in [0.29, 0.717) is 6.54 Å². The summed E-state index contributed by atoms with van der Waals surface area (Å²) in [5.74, 6) is -0.896. The number of amides is 1. The molecular weight excluding hydrogens is 318 g/mol. The first-order valence-corrected chi connectivity index (χ1v) is 6.80. The molecule has 0 unspecified atom stereocenters. The normalized spacial score (nSPS) is 10.3. The maximum absolute atomic E-state index is 14.0. The van der Waals surface area contributed by atoms with Gasteiger partial charge in [-0.2, -0.15) is 4.98 Å². The topological polar surface area (TPSA) is 66.9 Å². The summed E-state index contributed by atoms with van der Waals surface area (Å²) < 4.78 is 14.0. The van der Waals surface area contributed by atoms with Crippen molar-refractivity contribution in [3.8, 4) is 0 Å². The summed E-state index contributed by atoms with van der Waals surface area (Å²) in [6.07, 6.45) is 1.28. The van der Waals surface area contributed by atoms with Crippen LogP contribution in [-0.4, -0.2) is 22.4 Å². The van der Waals surface area contributed by atoms with Crippen LogP contribution in [0, 0.1) is 5.82 Å². The van der Waals surface area contributed by atoms with Crippen molar-refractivity contribution in [2.75, 3.05) is 11.9 Å². The lowest BCUT2D eigenvalue weighted by Crippen LogP contribution is -2.24. The number of hydrogen-bond donors (Lipinski definition) is 2. The molecule has 1 heterocycles. The van der Waals surface area contributed by atoms with E-state index >= 15 is 0 Å². The highest BCUT2D eigenvalue weighted by Gasteiger charge is 2.16. The number of halogens is 3. The fourth-order valence-corrected chi connectivity index (χ4v) is 1.92. The highest BCUT2D eigenvalue weighted by Crippen LogP contribution is 2.28. The molecule has 0 fully saturated rings. The number of nitrogens with one attached hydrogen (secondary N) is 2. The lowest BCUT2D eigenvalue weighted by Gasteiger charge is -2.13. The smallest absolute Gasteiger partial charge is 0.253 e. The third-order valence-electron chi connectivity index (χ3n) is 2.55. The quantitative estimate of drug-likeness (QED) is 0.844. The van der Waals surface area contributed by atoms with E-state index in [1.807, 2.05) is 0 Å². The Morgan fingerprint density at radius 1 is 1.38 bits per heavy atom. The SMILES string of the molecule is CCNC(=O)c1cccc(F)c1Nc1nc(Cl)ncc1Cl. The monoisotopic (exact) mass is 328 g/mol. The molecule has 0 saturated carbocycles. The third-order valence-corrected chi connectivity index (χ3v) is 3.01. The average molecular weight is 329 g/mol. The van der Waals surface area contributed by atoms with E-state index in [1.165, 1.54) is 24.4 Å². The molecule has 0 atom stereocenters. The minimum atomic E-state index is -0.607. The molecule has 2 rings (SSSR count). The van der Waals surface area contributed by atoms with Crippen LogP contribution < -0.4 is 10.6 Å². The first-order valence-electron chi connectivity index (χ1n) is 6.04. The Hall–Kier alpha value is -1.92. The molecule has 1 aromatic carbocycles. The van der Waals surface area contributed by atoms with Gasteiger partial charge in [0.1, 0.15) is 10.8 Å². The van der Waals surface area contributed by atoms with Gasteiger partial charge in [0, 0.05) is 6.54 Å². The van der Waals surface area contributed by atoms with Crippen LogP contribution in [0.15, 0.2) is 24.4 Å². The third kappa shape index (κ3) is 3.59. The number of aromatic nitrogens is 2. The molecule has 0 aliphatic rings. The molecule has 2 aromatic rings. The van der Waals surface area contributed by atoms with Crippen LogP contribution in [0.1, 0.15) is 17.3 Å². The van der Waals surface area contributed by atoms with Crippen LogP contribution in [0.5, 0.6) is 0 Å². The first-order chi connectivity index (χ1) is 10.0. The van der Waals surface area contributed by atoms with Crippen molar-refractivity contribution >= 4 is 40.6 Å². The van der Waals surface area contributed by atoms with Crippen LogP contribution >= 0.6 is 23.2 Å². The molecule has 5 nitrogen and oxygen atoms in total. The predicted octanol–water partition coefficient (Wildman–Crippen LogP) is 3.42. The second-order valence-corrected chi connectivity index (χ2v) is 4.73. The summed E-state index contributed by atoms with van der Waals surface area (Å²) >= 11 is 11.6. The van der Waals surface area contributed by atoms with E-state index < -0.39 is 11.7 Å². The number of hydrogen-bond acceptors (Lipinski definition) is 4. The molecule has 21 heavy (non-hydrogen) atoms. The highest BCUT2D eigenvalue weighted by molar-refractivity contribution is 6.33. The van der Waals surface area contributed by atoms with Crippen molar-refractivity contribution < 1.29 is 9.18 Å². The minimum Gasteiger partial charge on any atom is -0.352 e. The molecule has 1 aromatic heterocycles. The van der Waals surface area contributed by atoms with Gasteiger partial charge in [0.05, 0.1) is 17.4 Å². The molecule has 0 aliphatic heterocycles. The predicted molar refractivity (Wildman–Crippen MR) is 79.7 cm³/mol. The molecule has 0 spiro atoms. The Kier molecular flexibility index (Phi) is 4.93. The number of para-hydroxylation sites is 1. The van der Waals surface area contributed by atoms with Gasteiger partial charge >= 0.3 is 0 Å². The molecule has 110 valence electrons. The number of carbonyl (C=O) groups is 1. The standard InChI is InChI=1S/C13H11Cl2FN4O/c1-2-17-12(21)7-4-3-5-9(16)10(7)19-11-8(14)6-18-13(15)20-11/h3-6H,2H2,1H3,(H,17,21)(H,18,19,20). The Bertz CT molecular complexity index is 681. The van der Waals surface area contributed by atoms with Crippen LogP contribution in [-0.2, 0) is 0 Å². The summed E-state index contributed by atoms with van der Waals surface area (Å²) in [6, 6.07) is 4.16. The van der Waals surface area contributed by atoms with Gasteiger partial charge in [-0.3, -0.25) is 4.79 Å². The first kappa shape index (κ1) is 15.5. The fraction of sp³-hybridized carbons (Fsp3) is 0.154. The average Bonchev–Trinajstić information content (AvgIpc) is 2.45. The summed E-state index contributed by atoms with van der Waals surface area (Å²) in [4.78, 5) is 19.5. The largest absolute Gasteiger partial charge is 0.352 e. The van der Waals surface area contributed by atoms with E-state index in [4.69, 9.17) is 23.2 Å². The maximum Gasteiger partial charge on any atom is 0.253 e. The van der Waals surface area contributed by atoms with Gasteiger partial charge in [0.2, 0.25) is 5.28 Å². The van der Waals surface area contributed by atoms with Crippen LogP contribution in [0.2, 0.25) is 10.3 Å². The van der Waals surface area contributed by atoms with Crippen LogP contribution in [0.4, 0.5) is 15.9 Å². The number of rotatable bonds is 4. The van der Waals surface area contributed by atoms with Crippen LogP contribution in [0.3, 0.4) is 0 Å². The molecule has 0 radical (unpaired) electrons. The van der Waals surface area contributed by atoms with E-state index in [1.54, 1.807) is 6.92 Å². The summed E-state index contributed by atoms with van der Waals surface area (Å²) in [5.41, 5.74) is 0.114. The Morgan fingerprint density at radius 3 is 2.86 bits per heavy atom. The lowest BCUT2D eigenvalue weighted by molar-refractivity contribution is 0.0956. The molecule has 0 aliphatic carbocycles. The Balaban J connectivity index is 2.43. The number of anilines is 2. The highest BCUT2D eigenvalue weighted by atomic mass is 35.5. The second kappa shape index (κ2) is 6.69. The van der Waals surface area contributed by atoms with Gasteiger partial charge in [-0.25, -0.2) is 9.37 Å². The zero-order valence-electron chi connectivity index (χ0n) is 11.0. The summed E-state index contributed by atoms with van der Waals surface area (Å²) in [6.45, 7) is 2.19. The van der Waals surface area contributed by atoms with Gasteiger partial charge in [-0.1, -0.05) is 17.7 Å². The van der Waals surface area contributed by atoms with Crippen molar-refractivity contribution in [2.24, 2.45) is 0 Å². The molecular formula is C13H11Cl2FN4O. The van der Waals surface area contributed by atoms with E-state index in [0.717, 1.165) is 0 Å². The number of benzene rings is 1. The number of nitrogens with zero attached hydrogens (tertiary/aromatic N) is 2. The van der Waals surface area contributed by atoms with Crippen molar-refractivity contribution in [3.05, 3.63) is 46.1 Å². The minimum absolute atomic E-state index is 0.0277. The molecule has 0 bridgehead atoms. The van der Waals surface area contributed by atoms with Crippen LogP contribution in [0.25, 0.3) is 0 Å². The molecule has 2 N–H and O–H groups in total. The lowest BCUT2D eigenvalue weighted by atomic mass is 10.1. The van der Waals surface area contributed by atoms with Crippen molar-refractivity contribution in [1.82, 2.24) is 15.3 Å². The zero-order valence-corrected chi connectivity index (χ0v) is 12.5. The maximum atomic E-state index is 14.0. The van der Waals surface area contributed by atoms with Gasteiger partial charge in [0.25, 0.3) is 5.91 Å². The van der Waals surface area contributed by atoms with Gasteiger partial charge in [-0.05, 0) is 30.7 Å². The fourth-order valence-electron chi connectivity index (χ4n) is 1.65. The van der Waals surface area contributed by atoms with E-state index in [2.05, 4.69) is 20.6 Å². The van der Waals surface area contributed by atoms with Crippen molar-refractivity contribution in [1.29, 1.82) is 0 Å². The second-order valence-electron chi connectivity index (χ2n) is 3.98. The van der Waals surface area contributed by atoms with Gasteiger partial charge < -0.3 is 10.6 Å². The molecule has 8 heteroatoms. The summed E-state index contributed by atoms with van der Waals surface area (Å²) in [5, 5.41) is 5.40. The van der Waals surface area contributed by atoms with Gasteiger partial charge in [0.15, 0.2) is 5.82 Å². The Labute approximate surface area is 130 Å². The molecule has 1 amide bonds. The summed E-state index contributed by atoms with van der Waals surface area (Å²) in [7, 11) is 0.